The van der Waals surface area contributed by atoms with Gasteiger partial charge in [-0.15, -0.1) is 0 Å². The first kappa shape index (κ1) is 17.7. The van der Waals surface area contributed by atoms with Crippen LogP contribution in [-0.4, -0.2) is 38.5 Å². The summed E-state index contributed by atoms with van der Waals surface area (Å²) in [5.41, 5.74) is 0.625. The van der Waals surface area contributed by atoms with Crippen LogP contribution in [0.2, 0.25) is 0 Å². The Hall–Kier alpha value is -2.37. The Kier molecular flexibility index (Phi) is 6.56. The summed E-state index contributed by atoms with van der Waals surface area (Å²) in [6, 6.07) is 5.76. The summed E-state index contributed by atoms with van der Waals surface area (Å²) >= 11 is 0. The molecule has 0 fully saturated rings. The predicted octanol–water partition coefficient (Wildman–Crippen LogP) is -0.0728. The Labute approximate surface area is 128 Å². The van der Waals surface area contributed by atoms with Crippen LogP contribution in [0.3, 0.4) is 0 Å². The lowest BCUT2D eigenvalue weighted by Gasteiger charge is -2.04. The van der Waals surface area contributed by atoms with Crippen LogP contribution < -0.4 is 10.0 Å². The van der Waals surface area contributed by atoms with E-state index in [0.717, 1.165) is 0 Å². The lowest BCUT2D eigenvalue weighted by Crippen LogP contribution is -2.29. The molecule has 1 amide bonds. The first-order valence-corrected chi connectivity index (χ1v) is 7.84. The van der Waals surface area contributed by atoms with E-state index < -0.39 is 22.5 Å². The highest BCUT2D eigenvalue weighted by Crippen LogP contribution is 2.09. The van der Waals surface area contributed by atoms with Gasteiger partial charge in [0.15, 0.2) is 0 Å². The summed E-state index contributed by atoms with van der Waals surface area (Å²) in [7, 11) is -3.84. The van der Waals surface area contributed by atoms with Gasteiger partial charge in [0.2, 0.25) is 15.9 Å². The van der Waals surface area contributed by atoms with Crippen LogP contribution in [0.15, 0.2) is 29.2 Å². The summed E-state index contributed by atoms with van der Waals surface area (Å²) in [5.74, 6) is 4.31. The number of benzene rings is 1. The Morgan fingerprint density at radius 2 is 1.86 bits per heavy atom. The summed E-state index contributed by atoms with van der Waals surface area (Å²) in [6.07, 6.45) is 0.486. The molecule has 0 saturated heterocycles. The van der Waals surface area contributed by atoms with Crippen LogP contribution >= 0.6 is 0 Å². The topological polar surface area (TPSA) is 113 Å². The molecule has 0 spiro atoms. The van der Waals surface area contributed by atoms with Gasteiger partial charge in [-0.2, -0.15) is 4.72 Å². The molecule has 8 heteroatoms. The molecule has 0 atom stereocenters. The number of carbonyl (C=O) groups excluding carboxylic acids is 1. The molecule has 0 aliphatic heterocycles. The van der Waals surface area contributed by atoms with Crippen LogP contribution in [0.25, 0.3) is 0 Å². The van der Waals surface area contributed by atoms with Crippen molar-refractivity contribution in [1.29, 1.82) is 0 Å². The fraction of sp³-hybridized carbons (Fsp3) is 0.286. The summed E-state index contributed by atoms with van der Waals surface area (Å²) in [5, 5.41) is 11.1. The van der Waals surface area contributed by atoms with Crippen LogP contribution in [0.5, 0.6) is 0 Å². The predicted molar refractivity (Wildman–Crippen MR) is 79.4 cm³/mol. The monoisotopic (exact) mass is 324 g/mol. The number of carboxylic acid groups (broad SMARTS) is 1. The van der Waals surface area contributed by atoms with E-state index in [0.29, 0.717) is 18.5 Å². The number of sulfonamides is 1. The van der Waals surface area contributed by atoms with Crippen molar-refractivity contribution in [1.82, 2.24) is 10.0 Å². The van der Waals surface area contributed by atoms with Gasteiger partial charge in [0, 0.05) is 25.5 Å². The molecular weight excluding hydrogens is 308 g/mol. The molecule has 118 valence electrons. The Bertz CT molecular complexity index is 699. The average molecular weight is 324 g/mol. The molecule has 0 aromatic heterocycles. The van der Waals surface area contributed by atoms with Crippen molar-refractivity contribution in [2.24, 2.45) is 0 Å². The van der Waals surface area contributed by atoms with Gasteiger partial charge >= 0.3 is 5.97 Å². The zero-order valence-electron chi connectivity index (χ0n) is 11.9. The van der Waals surface area contributed by atoms with E-state index >= 15 is 0 Å². The number of hydrogen-bond donors (Lipinski definition) is 3. The van der Waals surface area contributed by atoms with Gasteiger partial charge in [0.25, 0.3) is 0 Å². The molecule has 0 unspecified atom stereocenters. The summed E-state index contributed by atoms with van der Waals surface area (Å²) in [6.45, 7) is 1.20. The number of rotatable bonds is 6. The highest BCUT2D eigenvalue weighted by atomic mass is 32.2. The average Bonchev–Trinajstić information content (AvgIpc) is 2.45. The molecular formula is C14H16N2O5S. The fourth-order valence-corrected chi connectivity index (χ4v) is 2.40. The molecule has 0 aliphatic rings. The second-order valence-electron chi connectivity index (χ2n) is 4.28. The van der Waals surface area contributed by atoms with E-state index in [4.69, 9.17) is 5.11 Å². The molecule has 7 nitrogen and oxygen atoms in total. The van der Waals surface area contributed by atoms with Gasteiger partial charge < -0.3 is 10.4 Å². The molecule has 0 bridgehead atoms. The number of amides is 1. The zero-order valence-corrected chi connectivity index (χ0v) is 12.7. The van der Waals surface area contributed by atoms with E-state index in [1.165, 1.54) is 31.2 Å². The molecule has 1 aromatic rings. The smallest absolute Gasteiger partial charge is 0.318 e. The van der Waals surface area contributed by atoms with E-state index in [2.05, 4.69) is 17.2 Å². The molecule has 22 heavy (non-hydrogen) atoms. The van der Waals surface area contributed by atoms with Crippen LogP contribution in [0.4, 0.5) is 0 Å². The second-order valence-corrected chi connectivity index (χ2v) is 6.04. The van der Waals surface area contributed by atoms with Gasteiger partial charge in [0.1, 0.15) is 6.54 Å². The minimum atomic E-state index is -3.84. The SMILES string of the molecule is CC(=O)NCCC#Cc1ccc(S(=O)(=O)NCC(=O)O)cc1. The number of carbonyl (C=O) groups is 2. The molecule has 0 heterocycles. The van der Waals surface area contributed by atoms with Gasteiger partial charge in [-0.05, 0) is 24.3 Å². The standard InChI is InChI=1S/C14H16N2O5S/c1-11(17)15-9-3-2-4-12-5-7-13(8-6-12)22(20,21)16-10-14(18)19/h5-8,16H,3,9-10H2,1H3,(H,15,17)(H,18,19). The minimum absolute atomic E-state index is 0.0300. The van der Waals surface area contributed by atoms with Crippen molar-refractivity contribution in [2.45, 2.75) is 18.2 Å². The Morgan fingerprint density at radius 3 is 2.41 bits per heavy atom. The highest BCUT2D eigenvalue weighted by Gasteiger charge is 2.14. The van der Waals surface area contributed by atoms with Crippen molar-refractivity contribution in [3.8, 4) is 11.8 Å². The lowest BCUT2D eigenvalue weighted by atomic mass is 10.2. The van der Waals surface area contributed by atoms with Crippen molar-refractivity contribution >= 4 is 21.9 Å². The Morgan fingerprint density at radius 1 is 1.23 bits per heavy atom. The summed E-state index contributed by atoms with van der Waals surface area (Å²) < 4.78 is 25.5. The van der Waals surface area contributed by atoms with Gasteiger partial charge in [-0.25, -0.2) is 8.42 Å². The van der Waals surface area contributed by atoms with Crippen molar-refractivity contribution in [3.63, 3.8) is 0 Å². The highest BCUT2D eigenvalue weighted by molar-refractivity contribution is 7.89. The van der Waals surface area contributed by atoms with Gasteiger partial charge in [-0.1, -0.05) is 11.8 Å². The largest absolute Gasteiger partial charge is 0.480 e. The van der Waals surface area contributed by atoms with E-state index in [9.17, 15) is 18.0 Å². The van der Waals surface area contributed by atoms with E-state index in [1.807, 2.05) is 4.72 Å². The summed E-state index contributed by atoms with van der Waals surface area (Å²) in [4.78, 5) is 21.0. The maximum Gasteiger partial charge on any atom is 0.318 e. The maximum atomic E-state index is 11.8. The number of carboxylic acids is 1. The van der Waals surface area contributed by atoms with Crippen LogP contribution in [0.1, 0.15) is 18.9 Å². The number of hydrogen-bond acceptors (Lipinski definition) is 4. The maximum absolute atomic E-state index is 11.8. The number of nitrogens with one attached hydrogen (secondary N) is 2. The molecule has 3 N–H and O–H groups in total. The first-order chi connectivity index (χ1) is 10.3. The second kappa shape index (κ2) is 8.17. The molecule has 0 radical (unpaired) electrons. The lowest BCUT2D eigenvalue weighted by molar-refractivity contribution is -0.135. The van der Waals surface area contributed by atoms with Gasteiger partial charge in [0.05, 0.1) is 4.90 Å². The quantitative estimate of drug-likeness (QED) is 0.501. The van der Waals surface area contributed by atoms with E-state index in [1.54, 1.807) is 0 Å². The molecule has 0 saturated carbocycles. The zero-order chi connectivity index (χ0) is 16.6. The number of aliphatic carboxylic acids is 1. The van der Waals surface area contributed by atoms with Crippen LogP contribution in [-0.2, 0) is 19.6 Å². The third kappa shape index (κ3) is 6.39. The van der Waals surface area contributed by atoms with Crippen LogP contribution in [0, 0.1) is 11.8 Å². The molecule has 0 aliphatic carbocycles. The molecule has 1 aromatic carbocycles. The first-order valence-electron chi connectivity index (χ1n) is 6.36. The Balaban J connectivity index is 2.65. The third-order valence-electron chi connectivity index (χ3n) is 2.43. The van der Waals surface area contributed by atoms with E-state index in [-0.39, 0.29) is 10.8 Å². The van der Waals surface area contributed by atoms with Crippen molar-refractivity contribution in [2.75, 3.05) is 13.1 Å². The minimum Gasteiger partial charge on any atom is -0.480 e. The van der Waals surface area contributed by atoms with Crippen molar-refractivity contribution in [3.05, 3.63) is 29.8 Å². The van der Waals surface area contributed by atoms with Gasteiger partial charge in [-0.3, -0.25) is 9.59 Å². The normalized spacial score (nSPS) is 10.4. The fourth-order valence-electron chi connectivity index (χ4n) is 1.42. The molecule has 1 rings (SSSR count). The van der Waals surface area contributed by atoms with Crippen molar-refractivity contribution < 1.29 is 23.1 Å². The third-order valence-corrected chi connectivity index (χ3v) is 3.85.